The van der Waals surface area contributed by atoms with Gasteiger partial charge >= 0.3 is 5.97 Å². The summed E-state index contributed by atoms with van der Waals surface area (Å²) >= 11 is 11.9. The van der Waals surface area contributed by atoms with Crippen LogP contribution in [0, 0.1) is 12.3 Å². The molecule has 0 aromatic carbocycles. The van der Waals surface area contributed by atoms with E-state index in [-0.39, 0.29) is 12.2 Å². The number of ether oxygens (including phenoxy) is 1. The molecule has 0 radical (unpaired) electrons. The van der Waals surface area contributed by atoms with Crippen molar-refractivity contribution in [1.82, 2.24) is 9.38 Å². The molecule has 0 unspecified atom stereocenters. The fourth-order valence-corrected chi connectivity index (χ4v) is 2.94. The van der Waals surface area contributed by atoms with Gasteiger partial charge in [-0.3, -0.25) is 14.0 Å². The summed E-state index contributed by atoms with van der Waals surface area (Å²) in [7, 11) is 0. The van der Waals surface area contributed by atoms with E-state index in [1.165, 1.54) is 10.5 Å². The number of carbonyl (C=O) groups excluding carboxylic acids is 1. The molecule has 1 aliphatic carbocycles. The smallest absolute Gasteiger partial charge is 0.315 e. The van der Waals surface area contributed by atoms with E-state index in [0.717, 1.165) is 5.56 Å². The van der Waals surface area contributed by atoms with Crippen molar-refractivity contribution in [3.05, 3.63) is 46.0 Å². The second kappa shape index (κ2) is 4.96. The zero-order valence-electron chi connectivity index (χ0n) is 12.1. The maximum absolute atomic E-state index is 12.0. The highest BCUT2D eigenvalue weighted by Gasteiger charge is 2.69. The Bertz CT molecular complexity index is 831. The molecular formula is C15H14Cl2N2O3. The fourth-order valence-electron chi connectivity index (χ4n) is 2.25. The molecule has 0 N–H and O–H groups in total. The molecule has 22 heavy (non-hydrogen) atoms. The Kier molecular flexibility index (Phi) is 3.45. The van der Waals surface area contributed by atoms with Crippen LogP contribution in [0.1, 0.15) is 24.6 Å². The van der Waals surface area contributed by atoms with E-state index in [4.69, 9.17) is 27.9 Å². The number of hydrogen-bond donors (Lipinski definition) is 0. The predicted molar refractivity (Wildman–Crippen MR) is 83.2 cm³/mol. The minimum atomic E-state index is -1.07. The lowest BCUT2D eigenvalue weighted by molar-refractivity contribution is -0.151. The summed E-state index contributed by atoms with van der Waals surface area (Å²) in [6.07, 6.45) is 2.07. The lowest BCUT2D eigenvalue weighted by atomic mass is 10.1. The van der Waals surface area contributed by atoms with Crippen LogP contribution in [0.3, 0.4) is 0 Å². The minimum Gasteiger partial charge on any atom is -0.459 e. The molecule has 0 saturated heterocycles. The van der Waals surface area contributed by atoms with E-state index in [1.54, 1.807) is 19.2 Å². The van der Waals surface area contributed by atoms with Crippen LogP contribution in [0.25, 0.3) is 5.65 Å². The van der Waals surface area contributed by atoms with Gasteiger partial charge in [0.05, 0.1) is 5.69 Å². The molecule has 3 rings (SSSR count). The van der Waals surface area contributed by atoms with Crippen LogP contribution >= 0.6 is 23.2 Å². The Morgan fingerprint density at radius 2 is 2.14 bits per heavy atom. The van der Waals surface area contributed by atoms with Crippen LogP contribution < -0.4 is 5.56 Å². The zero-order valence-corrected chi connectivity index (χ0v) is 13.6. The minimum absolute atomic E-state index is 0.0854. The molecular weight excluding hydrogens is 327 g/mol. The molecule has 1 fully saturated rings. The Hall–Kier alpha value is -1.59. The largest absolute Gasteiger partial charge is 0.459 e. The second-order valence-electron chi connectivity index (χ2n) is 5.81. The average Bonchev–Trinajstić information content (AvgIpc) is 2.97. The van der Waals surface area contributed by atoms with Crippen molar-refractivity contribution in [2.45, 2.75) is 31.2 Å². The first-order valence-corrected chi connectivity index (χ1v) is 7.52. The summed E-state index contributed by atoms with van der Waals surface area (Å²) in [5.41, 5.74) is 0.741. The molecule has 2 heterocycles. The number of alkyl halides is 2. The number of pyridine rings is 1. The van der Waals surface area contributed by atoms with Gasteiger partial charge in [-0.25, -0.2) is 4.98 Å². The number of halogens is 2. The Balaban J connectivity index is 1.79. The van der Waals surface area contributed by atoms with Crippen molar-refractivity contribution in [2.75, 3.05) is 0 Å². The van der Waals surface area contributed by atoms with Gasteiger partial charge in [0.15, 0.2) is 0 Å². The molecule has 0 aliphatic heterocycles. The maximum Gasteiger partial charge on any atom is 0.315 e. The number of rotatable bonds is 3. The Morgan fingerprint density at radius 3 is 2.77 bits per heavy atom. The van der Waals surface area contributed by atoms with E-state index in [1.807, 2.05) is 13.0 Å². The first-order valence-electron chi connectivity index (χ1n) is 6.77. The molecule has 0 amide bonds. The highest BCUT2D eigenvalue weighted by atomic mass is 35.5. The quantitative estimate of drug-likeness (QED) is 0.636. The molecule has 5 nitrogen and oxygen atoms in total. The number of hydrogen-bond acceptors (Lipinski definition) is 4. The number of aryl methyl sites for hydroxylation is 1. The zero-order chi connectivity index (χ0) is 16.1. The van der Waals surface area contributed by atoms with E-state index < -0.39 is 15.7 Å². The number of aromatic nitrogens is 2. The van der Waals surface area contributed by atoms with Gasteiger partial charge in [-0.05, 0) is 25.5 Å². The van der Waals surface area contributed by atoms with Crippen molar-refractivity contribution >= 4 is 34.8 Å². The molecule has 1 atom stereocenters. The summed E-state index contributed by atoms with van der Waals surface area (Å²) in [4.78, 5) is 28.4. The van der Waals surface area contributed by atoms with Crippen molar-refractivity contribution in [1.29, 1.82) is 0 Å². The van der Waals surface area contributed by atoms with Crippen LogP contribution in [0.5, 0.6) is 0 Å². The molecule has 0 bridgehead atoms. The molecule has 7 heteroatoms. The SMILES string of the molecule is Cc1ccc2nc(COC(=O)[C@]3(C)CC3(Cl)Cl)cc(=O)n2c1. The third-order valence-electron chi connectivity index (χ3n) is 3.92. The highest BCUT2D eigenvalue weighted by molar-refractivity contribution is 6.53. The van der Waals surface area contributed by atoms with Crippen LogP contribution in [-0.2, 0) is 16.1 Å². The van der Waals surface area contributed by atoms with E-state index >= 15 is 0 Å². The van der Waals surface area contributed by atoms with Crippen LogP contribution in [0.4, 0.5) is 0 Å². The van der Waals surface area contributed by atoms with Gasteiger partial charge in [-0.2, -0.15) is 0 Å². The van der Waals surface area contributed by atoms with Gasteiger partial charge in [0.1, 0.15) is 22.0 Å². The summed E-state index contributed by atoms with van der Waals surface area (Å²) in [5.74, 6) is -0.483. The summed E-state index contributed by atoms with van der Waals surface area (Å²) in [5, 5.41) is 0. The summed E-state index contributed by atoms with van der Waals surface area (Å²) < 4.78 is 5.58. The molecule has 1 aliphatic rings. The van der Waals surface area contributed by atoms with Crippen molar-refractivity contribution in [3.8, 4) is 0 Å². The van der Waals surface area contributed by atoms with E-state index in [0.29, 0.717) is 17.8 Å². The summed E-state index contributed by atoms with van der Waals surface area (Å²) in [6, 6.07) is 4.95. The van der Waals surface area contributed by atoms with Gasteiger partial charge in [0, 0.05) is 18.7 Å². The lowest BCUT2D eigenvalue weighted by Gasteiger charge is -2.11. The molecule has 116 valence electrons. The van der Waals surface area contributed by atoms with Gasteiger partial charge < -0.3 is 4.74 Å². The van der Waals surface area contributed by atoms with Gasteiger partial charge in [-0.15, -0.1) is 23.2 Å². The summed E-state index contributed by atoms with van der Waals surface area (Å²) in [6.45, 7) is 3.46. The topological polar surface area (TPSA) is 60.7 Å². The molecule has 2 aromatic heterocycles. The number of fused-ring (bicyclic) bond motifs is 1. The third kappa shape index (κ3) is 2.48. The first-order chi connectivity index (χ1) is 10.2. The fraction of sp³-hybridized carbons (Fsp3) is 0.400. The van der Waals surface area contributed by atoms with Gasteiger partial charge in [-0.1, -0.05) is 6.07 Å². The number of esters is 1. The number of carbonyl (C=O) groups is 1. The van der Waals surface area contributed by atoms with Gasteiger partial charge in [0.2, 0.25) is 0 Å². The average molecular weight is 341 g/mol. The standard InChI is InChI=1S/C15H14Cl2N2O3/c1-9-3-4-11-18-10(5-12(20)19(11)6-9)7-22-13(21)14(2)8-15(14,16)17/h3-6H,7-8H2,1-2H3/t14-/m0/s1. The van der Waals surface area contributed by atoms with Crippen molar-refractivity contribution < 1.29 is 9.53 Å². The monoisotopic (exact) mass is 340 g/mol. The van der Waals surface area contributed by atoms with Crippen LogP contribution in [0.2, 0.25) is 0 Å². The second-order valence-corrected chi connectivity index (χ2v) is 7.29. The number of nitrogens with zero attached hydrogens (tertiary/aromatic N) is 2. The normalized spacial score (nSPS) is 22.5. The third-order valence-corrected chi connectivity index (χ3v) is 5.02. The molecule has 0 spiro atoms. The maximum atomic E-state index is 12.0. The predicted octanol–water partition coefficient (Wildman–Crippen LogP) is 2.63. The Morgan fingerprint density at radius 1 is 1.45 bits per heavy atom. The molecule has 1 saturated carbocycles. The van der Waals surface area contributed by atoms with E-state index in [9.17, 15) is 9.59 Å². The Labute approximate surface area is 136 Å². The highest BCUT2D eigenvalue weighted by Crippen LogP contribution is 2.64. The van der Waals surface area contributed by atoms with Gasteiger partial charge in [0.25, 0.3) is 5.56 Å². The van der Waals surface area contributed by atoms with Crippen molar-refractivity contribution in [2.24, 2.45) is 5.41 Å². The lowest BCUT2D eigenvalue weighted by Crippen LogP contribution is -2.22. The first kappa shape index (κ1) is 15.3. The van der Waals surface area contributed by atoms with Crippen LogP contribution in [0.15, 0.2) is 29.2 Å². The molecule has 2 aromatic rings. The van der Waals surface area contributed by atoms with Crippen LogP contribution in [-0.4, -0.2) is 19.7 Å². The van der Waals surface area contributed by atoms with Crippen molar-refractivity contribution in [3.63, 3.8) is 0 Å². The van der Waals surface area contributed by atoms with E-state index in [2.05, 4.69) is 4.98 Å².